The van der Waals surface area contributed by atoms with E-state index in [1.54, 1.807) is 0 Å². The van der Waals surface area contributed by atoms with Gasteiger partial charge in [0.1, 0.15) is 12.1 Å². The summed E-state index contributed by atoms with van der Waals surface area (Å²) in [6.45, 7) is -0.583. The van der Waals surface area contributed by atoms with Gasteiger partial charge in [0, 0.05) is 32.3 Å². The predicted octanol–water partition coefficient (Wildman–Crippen LogP) is -4.44. The van der Waals surface area contributed by atoms with Crippen LogP contribution in [-0.4, -0.2) is 71.0 Å². The van der Waals surface area contributed by atoms with Gasteiger partial charge < -0.3 is 43.8 Å². The Morgan fingerprint density at radius 1 is 0.690 bits per heavy atom. The summed E-state index contributed by atoms with van der Waals surface area (Å²) in [5.74, 6) is -4.82. The van der Waals surface area contributed by atoms with E-state index >= 15 is 0 Å². The second-order valence-electron chi connectivity index (χ2n) is 5.33. The Morgan fingerprint density at radius 2 is 0.966 bits per heavy atom. The summed E-state index contributed by atoms with van der Waals surface area (Å²) in [5, 5.41) is 21.5. The van der Waals surface area contributed by atoms with Crippen molar-refractivity contribution in [1.29, 1.82) is 0 Å². The van der Waals surface area contributed by atoms with Gasteiger partial charge in [-0.3, -0.25) is 19.2 Å². The third-order valence-corrected chi connectivity index (χ3v) is 3.00. The second-order valence-corrected chi connectivity index (χ2v) is 5.33. The standard InChI is InChI=1S/2C7H13N3O4.Zn/c2*8-3-6(12)10-4(7(13)14)1-2-5(9)11;/h2*4H,1-3,8H2,(H2,9,11)(H,10,12)(H,13,14);/t2*4-;/m00./s1. The molecule has 0 unspecified atom stereocenters. The molecule has 0 aliphatic carbocycles. The van der Waals surface area contributed by atoms with Crippen LogP contribution in [0.4, 0.5) is 0 Å². The van der Waals surface area contributed by atoms with Crippen LogP contribution in [-0.2, 0) is 48.2 Å². The van der Waals surface area contributed by atoms with E-state index in [4.69, 9.17) is 33.1 Å². The molecule has 0 rings (SSSR count). The normalized spacial score (nSPS) is 11.4. The van der Waals surface area contributed by atoms with Crippen LogP contribution in [0, 0.1) is 0 Å². The molecule has 162 valence electrons. The van der Waals surface area contributed by atoms with E-state index < -0.39 is 47.7 Å². The predicted molar refractivity (Wildman–Crippen MR) is 94.1 cm³/mol. The Morgan fingerprint density at radius 3 is 1.14 bits per heavy atom. The van der Waals surface area contributed by atoms with Gasteiger partial charge in [0.2, 0.25) is 23.6 Å². The topological polar surface area (TPSA) is 271 Å². The summed E-state index contributed by atoms with van der Waals surface area (Å²) in [5.41, 5.74) is 19.6. The van der Waals surface area contributed by atoms with E-state index in [9.17, 15) is 28.8 Å². The van der Waals surface area contributed by atoms with Gasteiger partial charge in [-0.2, -0.15) is 0 Å². The molecule has 0 bridgehead atoms. The molecule has 0 fully saturated rings. The van der Waals surface area contributed by atoms with Gasteiger partial charge in [0.05, 0.1) is 13.1 Å². The number of rotatable bonds is 12. The van der Waals surface area contributed by atoms with Gasteiger partial charge in [0.15, 0.2) is 0 Å². The van der Waals surface area contributed by atoms with E-state index in [-0.39, 0.29) is 58.3 Å². The van der Waals surface area contributed by atoms with Crippen molar-refractivity contribution in [2.24, 2.45) is 22.9 Å². The zero-order valence-electron chi connectivity index (χ0n) is 15.8. The van der Waals surface area contributed by atoms with Crippen LogP contribution < -0.4 is 33.6 Å². The molecule has 4 amide bonds. The van der Waals surface area contributed by atoms with Crippen LogP contribution in [0.25, 0.3) is 0 Å². The first kappa shape index (κ1) is 31.1. The zero-order valence-corrected chi connectivity index (χ0v) is 18.7. The summed E-state index contributed by atoms with van der Waals surface area (Å²) in [6.07, 6.45) is -0.254. The third kappa shape index (κ3) is 18.5. The quantitative estimate of drug-likeness (QED) is 0.126. The molecule has 0 aliphatic rings. The average Bonchev–Trinajstić information content (AvgIpc) is 2.61. The van der Waals surface area contributed by atoms with Crippen LogP contribution in [0.15, 0.2) is 0 Å². The molecule has 0 saturated heterocycles. The summed E-state index contributed by atoms with van der Waals surface area (Å²) >= 11 is 0. The molecular formula is C14H26N6O8Zn. The SMILES string of the molecule is NCC(=O)N[C@@H](CCC(N)=O)C(=O)O.NCC(=O)N[C@@H](CCC(N)=O)C(=O)O.[Zn]. The van der Waals surface area contributed by atoms with Crippen molar-refractivity contribution in [3.63, 3.8) is 0 Å². The Hall–Kier alpha value is -2.64. The number of aliphatic carboxylic acids is 2. The van der Waals surface area contributed by atoms with Crippen molar-refractivity contribution in [3.05, 3.63) is 0 Å². The van der Waals surface area contributed by atoms with Gasteiger partial charge in [-0.15, -0.1) is 0 Å². The molecule has 0 aliphatic heterocycles. The Bertz CT molecular complexity index is 538. The minimum atomic E-state index is -1.21. The molecule has 0 aromatic heterocycles. The van der Waals surface area contributed by atoms with Crippen LogP contribution in [0.2, 0.25) is 0 Å². The first-order valence-corrected chi connectivity index (χ1v) is 7.95. The van der Waals surface area contributed by atoms with Gasteiger partial charge in [0.25, 0.3) is 0 Å². The first-order chi connectivity index (χ1) is 12.9. The van der Waals surface area contributed by atoms with Crippen molar-refractivity contribution in [1.82, 2.24) is 10.6 Å². The van der Waals surface area contributed by atoms with Crippen molar-refractivity contribution in [2.45, 2.75) is 37.8 Å². The van der Waals surface area contributed by atoms with Crippen LogP contribution in [0.5, 0.6) is 0 Å². The van der Waals surface area contributed by atoms with Crippen molar-refractivity contribution >= 4 is 35.6 Å². The number of carboxylic acid groups (broad SMARTS) is 2. The number of nitrogens with two attached hydrogens (primary N) is 4. The van der Waals surface area contributed by atoms with E-state index in [0.29, 0.717) is 0 Å². The van der Waals surface area contributed by atoms with Gasteiger partial charge in [-0.25, -0.2) is 9.59 Å². The number of carboxylic acids is 2. The maximum Gasteiger partial charge on any atom is 0.326 e. The maximum atomic E-state index is 10.8. The largest absolute Gasteiger partial charge is 0.480 e. The molecule has 0 radical (unpaired) electrons. The van der Waals surface area contributed by atoms with Gasteiger partial charge >= 0.3 is 11.9 Å². The van der Waals surface area contributed by atoms with E-state index in [0.717, 1.165) is 0 Å². The van der Waals surface area contributed by atoms with Crippen LogP contribution in [0.3, 0.4) is 0 Å². The van der Waals surface area contributed by atoms with Crippen molar-refractivity contribution in [3.8, 4) is 0 Å². The molecule has 2 atom stereocenters. The van der Waals surface area contributed by atoms with Crippen molar-refractivity contribution in [2.75, 3.05) is 13.1 Å². The zero-order chi connectivity index (χ0) is 22.3. The minimum Gasteiger partial charge on any atom is -0.480 e. The first-order valence-electron chi connectivity index (χ1n) is 7.95. The summed E-state index contributed by atoms with van der Waals surface area (Å²) in [7, 11) is 0. The third-order valence-electron chi connectivity index (χ3n) is 3.00. The second kappa shape index (κ2) is 17.5. The number of hydrogen-bond donors (Lipinski definition) is 8. The van der Waals surface area contributed by atoms with Crippen LogP contribution in [0.1, 0.15) is 25.7 Å². The fourth-order valence-corrected chi connectivity index (χ4v) is 1.59. The molecule has 0 spiro atoms. The molecule has 15 heteroatoms. The fourth-order valence-electron chi connectivity index (χ4n) is 1.59. The number of carbonyl (C=O) groups is 6. The van der Waals surface area contributed by atoms with E-state index in [1.165, 1.54) is 0 Å². The molecular weight excluding hydrogens is 446 g/mol. The maximum absolute atomic E-state index is 10.8. The molecule has 0 aromatic carbocycles. The molecule has 0 aromatic rings. The number of carbonyl (C=O) groups excluding carboxylic acids is 4. The van der Waals surface area contributed by atoms with E-state index in [1.807, 2.05) is 0 Å². The number of primary amides is 2. The molecule has 12 N–H and O–H groups in total. The van der Waals surface area contributed by atoms with Crippen LogP contribution >= 0.6 is 0 Å². The summed E-state index contributed by atoms with van der Waals surface area (Å²) in [6, 6.07) is -2.22. The number of amides is 4. The molecule has 29 heavy (non-hydrogen) atoms. The monoisotopic (exact) mass is 470 g/mol. The number of hydrogen-bond acceptors (Lipinski definition) is 8. The molecule has 0 saturated carbocycles. The van der Waals surface area contributed by atoms with Gasteiger partial charge in [-0.05, 0) is 12.8 Å². The Balaban J connectivity index is -0.000000451. The Kier molecular flexibility index (Phi) is 18.7. The van der Waals surface area contributed by atoms with Gasteiger partial charge in [-0.1, -0.05) is 0 Å². The van der Waals surface area contributed by atoms with E-state index in [2.05, 4.69) is 10.6 Å². The molecule has 14 nitrogen and oxygen atoms in total. The average molecular weight is 472 g/mol. The number of nitrogens with one attached hydrogen (secondary N) is 2. The summed E-state index contributed by atoms with van der Waals surface area (Å²) < 4.78 is 0. The summed E-state index contributed by atoms with van der Waals surface area (Å²) in [4.78, 5) is 63.4. The smallest absolute Gasteiger partial charge is 0.326 e. The Labute approximate surface area is 178 Å². The molecule has 0 heterocycles. The fraction of sp³-hybridized carbons (Fsp3) is 0.571. The minimum absolute atomic E-state index is 0. The van der Waals surface area contributed by atoms with Crippen molar-refractivity contribution < 1.29 is 58.5 Å².